The maximum atomic E-state index is 12.1. The fourth-order valence-electron chi connectivity index (χ4n) is 4.95. The molecule has 0 bridgehead atoms. The molecule has 1 aliphatic carbocycles. The summed E-state index contributed by atoms with van der Waals surface area (Å²) in [5.74, 6) is 1.58. The Morgan fingerprint density at radius 1 is 1.39 bits per heavy atom. The van der Waals surface area contributed by atoms with Gasteiger partial charge in [0.25, 0.3) is 0 Å². The van der Waals surface area contributed by atoms with Crippen molar-refractivity contribution in [2.24, 2.45) is 5.92 Å². The molecule has 0 spiro atoms. The number of pyridine rings is 1. The van der Waals surface area contributed by atoms with Crippen LogP contribution < -0.4 is 10.1 Å². The van der Waals surface area contributed by atoms with Crippen LogP contribution in [0.2, 0.25) is 0 Å². The highest BCUT2D eigenvalue weighted by Crippen LogP contribution is 2.52. The summed E-state index contributed by atoms with van der Waals surface area (Å²) in [5, 5.41) is 11.4. The smallest absolute Gasteiger partial charge is 0.133 e. The highest BCUT2D eigenvalue weighted by atomic mass is 16.5. The molecule has 1 aromatic heterocycles. The first-order valence-corrected chi connectivity index (χ1v) is 10.1. The third kappa shape index (κ3) is 3.19. The van der Waals surface area contributed by atoms with E-state index in [9.17, 15) is 4.79 Å². The van der Waals surface area contributed by atoms with Crippen molar-refractivity contribution in [2.45, 2.75) is 51.4 Å². The lowest BCUT2D eigenvalue weighted by molar-refractivity contribution is -0.123. The highest BCUT2D eigenvalue weighted by Gasteiger charge is 2.46. The predicted octanol–water partition coefficient (Wildman–Crippen LogP) is 4.93. The molecular weight excluding hydrogens is 350 g/mol. The van der Waals surface area contributed by atoms with Crippen LogP contribution in [0.25, 0.3) is 0 Å². The second-order valence-electron chi connectivity index (χ2n) is 7.98. The molecule has 0 radical (unpaired) electrons. The van der Waals surface area contributed by atoms with Crippen LogP contribution in [-0.2, 0) is 10.2 Å². The first kappa shape index (κ1) is 18.7. The van der Waals surface area contributed by atoms with Gasteiger partial charge in [0.1, 0.15) is 11.5 Å². The zero-order valence-electron chi connectivity index (χ0n) is 16.5. The van der Waals surface area contributed by atoms with Gasteiger partial charge in [-0.1, -0.05) is 6.92 Å². The average Bonchev–Trinajstić information content (AvgIpc) is 2.83. The van der Waals surface area contributed by atoms with E-state index < -0.39 is 0 Å². The molecule has 5 heteroatoms. The van der Waals surface area contributed by atoms with Gasteiger partial charge in [-0.3, -0.25) is 9.78 Å². The van der Waals surface area contributed by atoms with Gasteiger partial charge in [-0.05, 0) is 50.3 Å². The summed E-state index contributed by atoms with van der Waals surface area (Å²) in [5.41, 5.74) is 4.70. The monoisotopic (exact) mass is 377 g/mol. The number of benzene rings is 1. The molecule has 0 unspecified atom stereocenters. The number of aromatic nitrogens is 1. The van der Waals surface area contributed by atoms with Gasteiger partial charge in [-0.25, -0.2) is 0 Å². The minimum Gasteiger partial charge on any atom is -0.493 e. The number of ketones is 1. The molecule has 1 saturated carbocycles. The molecule has 146 valence electrons. The van der Waals surface area contributed by atoms with Crippen molar-refractivity contribution in [1.82, 2.24) is 4.98 Å². The van der Waals surface area contributed by atoms with Gasteiger partial charge in [0.05, 0.1) is 12.3 Å². The fraction of sp³-hybridized carbons (Fsp3) is 0.435. The minimum absolute atomic E-state index is 0.0384. The minimum atomic E-state index is -0.0384. The second kappa shape index (κ2) is 7.38. The first-order chi connectivity index (χ1) is 13.6. The normalized spacial score (nSPS) is 23.8. The van der Waals surface area contributed by atoms with Gasteiger partial charge >= 0.3 is 0 Å². The van der Waals surface area contributed by atoms with E-state index in [0.29, 0.717) is 31.1 Å². The van der Waals surface area contributed by atoms with Crippen LogP contribution in [0.3, 0.4) is 0 Å². The Bertz CT molecular complexity index is 924. The molecule has 1 aliphatic heterocycles. The Labute approximate surface area is 166 Å². The molecule has 2 heterocycles. The van der Waals surface area contributed by atoms with Gasteiger partial charge < -0.3 is 15.5 Å². The molecule has 1 aromatic carbocycles. The Balaban J connectivity index is 1.79. The topological polar surface area (TPSA) is 75.1 Å². The van der Waals surface area contributed by atoms with E-state index in [0.717, 1.165) is 47.6 Å². The summed E-state index contributed by atoms with van der Waals surface area (Å²) in [4.78, 5) is 16.4. The number of fused-ring (bicyclic) bond motifs is 3. The zero-order valence-corrected chi connectivity index (χ0v) is 16.5. The summed E-state index contributed by atoms with van der Waals surface area (Å²) in [6.07, 6.45) is 7.21. The van der Waals surface area contributed by atoms with E-state index in [2.05, 4.69) is 23.3 Å². The van der Waals surface area contributed by atoms with Crippen molar-refractivity contribution in [1.29, 1.82) is 5.41 Å². The molecular formula is C23H27N3O2. The third-order valence-electron chi connectivity index (χ3n) is 6.48. The van der Waals surface area contributed by atoms with Crippen LogP contribution in [0, 0.1) is 18.3 Å². The quantitative estimate of drug-likeness (QED) is 0.741. The molecule has 5 nitrogen and oxygen atoms in total. The first-order valence-electron chi connectivity index (χ1n) is 10.1. The van der Waals surface area contributed by atoms with Crippen molar-refractivity contribution >= 4 is 23.4 Å². The van der Waals surface area contributed by atoms with Crippen LogP contribution in [0.4, 0.5) is 11.4 Å². The lowest BCUT2D eigenvalue weighted by atomic mass is 9.60. The molecule has 28 heavy (non-hydrogen) atoms. The average molecular weight is 377 g/mol. The predicted molar refractivity (Wildman–Crippen MR) is 111 cm³/mol. The number of nitrogens with one attached hydrogen (secondary N) is 2. The van der Waals surface area contributed by atoms with E-state index in [1.807, 2.05) is 25.1 Å². The van der Waals surface area contributed by atoms with Gasteiger partial charge in [-0.15, -0.1) is 0 Å². The lowest BCUT2D eigenvalue weighted by Crippen LogP contribution is -2.40. The number of aryl methyl sites for hydroxylation is 1. The van der Waals surface area contributed by atoms with Gasteiger partial charge in [0, 0.05) is 59.2 Å². The maximum Gasteiger partial charge on any atom is 0.133 e. The SMILES string of the molecule is CC[C@@]12CCC(=O)C[C@@H]1CCOc1cc(Nc3ccnc(C)c3)c(C=N)cc12. The molecule has 2 atom stereocenters. The molecule has 4 rings (SSSR count). The molecule has 1 fully saturated rings. The molecule has 0 saturated heterocycles. The number of nitrogens with zero attached hydrogens (tertiary/aromatic N) is 1. The zero-order chi connectivity index (χ0) is 19.7. The molecule has 2 aliphatic rings. The van der Waals surface area contributed by atoms with Gasteiger partial charge in [0.2, 0.25) is 0 Å². The number of hydrogen-bond acceptors (Lipinski definition) is 5. The largest absolute Gasteiger partial charge is 0.493 e. The summed E-state index contributed by atoms with van der Waals surface area (Å²) in [6.45, 7) is 4.80. The molecule has 2 N–H and O–H groups in total. The van der Waals surface area contributed by atoms with Crippen LogP contribution in [-0.4, -0.2) is 23.6 Å². The molecule has 2 aromatic rings. The summed E-state index contributed by atoms with van der Waals surface area (Å²) in [6, 6.07) is 8.04. The summed E-state index contributed by atoms with van der Waals surface area (Å²) >= 11 is 0. The number of rotatable bonds is 4. The van der Waals surface area contributed by atoms with Crippen molar-refractivity contribution < 1.29 is 9.53 Å². The number of Topliss-reactive ketones (excluding diaryl/α,β-unsaturated/α-hetero) is 1. The van der Waals surface area contributed by atoms with Gasteiger partial charge in [-0.2, -0.15) is 0 Å². The Morgan fingerprint density at radius 2 is 2.25 bits per heavy atom. The van der Waals surface area contributed by atoms with Crippen molar-refractivity contribution in [2.75, 3.05) is 11.9 Å². The van der Waals surface area contributed by atoms with Crippen molar-refractivity contribution in [3.05, 3.63) is 47.3 Å². The number of carbonyl (C=O) groups is 1. The second-order valence-corrected chi connectivity index (χ2v) is 7.98. The Kier molecular flexibility index (Phi) is 4.92. The van der Waals surface area contributed by atoms with Crippen LogP contribution >= 0.6 is 0 Å². The Morgan fingerprint density at radius 3 is 3.00 bits per heavy atom. The number of carbonyl (C=O) groups excluding carboxylic acids is 1. The van der Waals surface area contributed by atoms with Crippen LogP contribution in [0.5, 0.6) is 5.75 Å². The maximum absolute atomic E-state index is 12.1. The van der Waals surface area contributed by atoms with E-state index in [1.165, 1.54) is 11.8 Å². The molecule has 0 amide bonds. The lowest BCUT2D eigenvalue weighted by Gasteiger charge is -2.43. The Hall–Kier alpha value is -2.69. The summed E-state index contributed by atoms with van der Waals surface area (Å²) in [7, 11) is 0. The van der Waals surface area contributed by atoms with Crippen molar-refractivity contribution in [3.63, 3.8) is 0 Å². The van der Waals surface area contributed by atoms with Crippen LogP contribution in [0.1, 0.15) is 55.8 Å². The number of anilines is 2. The van der Waals surface area contributed by atoms with E-state index in [4.69, 9.17) is 10.1 Å². The van der Waals surface area contributed by atoms with E-state index >= 15 is 0 Å². The van der Waals surface area contributed by atoms with Crippen molar-refractivity contribution in [3.8, 4) is 5.75 Å². The highest BCUT2D eigenvalue weighted by molar-refractivity contribution is 5.89. The third-order valence-corrected chi connectivity index (χ3v) is 6.48. The van der Waals surface area contributed by atoms with E-state index in [1.54, 1.807) is 6.20 Å². The summed E-state index contributed by atoms with van der Waals surface area (Å²) < 4.78 is 6.17. The number of ether oxygens (including phenoxy) is 1. The standard InChI is InChI=1S/C23H27N3O2/c1-3-23-7-4-19(27)12-17(23)6-9-28-22-13-21(16(14-24)11-20(22)23)26-18-5-8-25-15(2)10-18/h5,8,10-11,13-14,17,24H,3-4,6-7,9,12H2,1-2H3,(H,25,26)/t17-,23+/m0/s1. The number of hydrogen-bond donors (Lipinski definition) is 2. The fourth-order valence-corrected chi connectivity index (χ4v) is 4.95. The van der Waals surface area contributed by atoms with Gasteiger partial charge in [0.15, 0.2) is 0 Å². The van der Waals surface area contributed by atoms with E-state index in [-0.39, 0.29) is 5.41 Å². The van der Waals surface area contributed by atoms with Crippen LogP contribution in [0.15, 0.2) is 30.5 Å².